The molecule has 1 aromatic heterocycles. The van der Waals surface area contributed by atoms with Gasteiger partial charge in [-0.2, -0.15) is 0 Å². The summed E-state index contributed by atoms with van der Waals surface area (Å²) in [5.41, 5.74) is 3.74. The third-order valence-electron chi connectivity index (χ3n) is 4.42. The molecule has 0 spiro atoms. The smallest absolute Gasteiger partial charge is 0.259 e. The molecule has 0 saturated heterocycles. The second kappa shape index (κ2) is 7.62. The number of carbonyl (C=O) groups excluding carboxylic acids is 1. The van der Waals surface area contributed by atoms with Gasteiger partial charge in [0.15, 0.2) is 0 Å². The van der Waals surface area contributed by atoms with Crippen molar-refractivity contribution in [1.29, 1.82) is 0 Å². The standard InChI is InChI=1S/C22H17ClN2O2S/c1-13-6-5-7-15(20(13)27-2)21(26)24-18-12-14(10-11-16(18)23)22-25-17-8-3-4-9-19(17)28-22/h3-12H,1-2H3,(H,24,26). The maximum Gasteiger partial charge on any atom is 0.259 e. The lowest BCUT2D eigenvalue weighted by atomic mass is 10.1. The fourth-order valence-electron chi connectivity index (χ4n) is 3.04. The van der Waals surface area contributed by atoms with Crippen molar-refractivity contribution in [1.82, 2.24) is 4.98 Å². The molecule has 0 atom stereocenters. The number of nitrogens with zero attached hydrogens (tertiary/aromatic N) is 1. The summed E-state index contributed by atoms with van der Waals surface area (Å²) < 4.78 is 6.50. The second-order valence-corrected chi connectivity index (χ2v) is 7.73. The number of benzene rings is 3. The summed E-state index contributed by atoms with van der Waals surface area (Å²) in [6.07, 6.45) is 0. The third-order valence-corrected chi connectivity index (χ3v) is 5.83. The number of amides is 1. The maximum atomic E-state index is 12.8. The monoisotopic (exact) mass is 408 g/mol. The van der Waals surface area contributed by atoms with E-state index in [0.29, 0.717) is 22.0 Å². The molecule has 1 heterocycles. The Morgan fingerprint density at radius 2 is 1.93 bits per heavy atom. The van der Waals surface area contributed by atoms with Crippen LogP contribution in [0.1, 0.15) is 15.9 Å². The van der Waals surface area contributed by atoms with Crippen molar-refractivity contribution in [3.05, 3.63) is 76.8 Å². The van der Waals surface area contributed by atoms with Gasteiger partial charge in [0, 0.05) is 5.56 Å². The Balaban J connectivity index is 1.68. The zero-order valence-corrected chi connectivity index (χ0v) is 16.9. The van der Waals surface area contributed by atoms with Gasteiger partial charge in [-0.3, -0.25) is 4.79 Å². The Morgan fingerprint density at radius 3 is 2.71 bits per heavy atom. The quantitative estimate of drug-likeness (QED) is 0.438. The van der Waals surface area contributed by atoms with Gasteiger partial charge in [-0.25, -0.2) is 4.98 Å². The number of thiazole rings is 1. The van der Waals surface area contributed by atoms with Gasteiger partial charge < -0.3 is 10.1 Å². The number of carbonyl (C=O) groups is 1. The number of aromatic nitrogens is 1. The summed E-state index contributed by atoms with van der Waals surface area (Å²) in [4.78, 5) is 17.5. The lowest BCUT2D eigenvalue weighted by Crippen LogP contribution is -2.14. The number of halogens is 1. The van der Waals surface area contributed by atoms with Crippen molar-refractivity contribution in [2.75, 3.05) is 12.4 Å². The van der Waals surface area contributed by atoms with Crippen LogP contribution in [0.25, 0.3) is 20.8 Å². The van der Waals surface area contributed by atoms with Crippen LogP contribution in [0.3, 0.4) is 0 Å². The Labute approximate surface area is 171 Å². The van der Waals surface area contributed by atoms with E-state index in [0.717, 1.165) is 26.4 Å². The molecule has 0 aliphatic carbocycles. The number of hydrogen-bond acceptors (Lipinski definition) is 4. The molecule has 1 N–H and O–H groups in total. The van der Waals surface area contributed by atoms with E-state index in [2.05, 4.69) is 10.3 Å². The van der Waals surface area contributed by atoms with E-state index in [1.54, 1.807) is 30.6 Å². The third kappa shape index (κ3) is 3.46. The largest absolute Gasteiger partial charge is 0.496 e. The van der Waals surface area contributed by atoms with Crippen LogP contribution in [0, 0.1) is 6.92 Å². The van der Waals surface area contributed by atoms with Gasteiger partial charge in [-0.05, 0) is 42.8 Å². The molecule has 0 bridgehead atoms. The molecule has 0 aliphatic rings. The number of fused-ring (bicyclic) bond motifs is 1. The number of rotatable bonds is 4. The Hall–Kier alpha value is -2.89. The van der Waals surface area contributed by atoms with Crippen LogP contribution in [-0.2, 0) is 0 Å². The number of anilines is 1. The van der Waals surface area contributed by atoms with E-state index in [1.807, 2.05) is 55.5 Å². The van der Waals surface area contributed by atoms with Crippen LogP contribution in [0.15, 0.2) is 60.7 Å². The van der Waals surface area contributed by atoms with Crippen molar-refractivity contribution in [2.24, 2.45) is 0 Å². The number of methoxy groups -OCH3 is 1. The summed E-state index contributed by atoms with van der Waals surface area (Å²) in [5, 5.41) is 4.24. The molecule has 0 aliphatic heterocycles. The van der Waals surface area contributed by atoms with Crippen molar-refractivity contribution in [3.8, 4) is 16.3 Å². The minimum absolute atomic E-state index is 0.274. The number of ether oxygens (including phenoxy) is 1. The van der Waals surface area contributed by atoms with E-state index in [1.165, 1.54) is 0 Å². The van der Waals surface area contributed by atoms with Crippen molar-refractivity contribution in [2.45, 2.75) is 6.92 Å². The van der Waals surface area contributed by atoms with Gasteiger partial charge in [-0.1, -0.05) is 41.9 Å². The fraction of sp³-hybridized carbons (Fsp3) is 0.0909. The number of aryl methyl sites for hydroxylation is 1. The van der Waals surface area contributed by atoms with Gasteiger partial charge in [0.05, 0.1) is 33.6 Å². The molecule has 140 valence electrons. The van der Waals surface area contributed by atoms with E-state index >= 15 is 0 Å². The molecule has 0 radical (unpaired) electrons. The first-order valence-corrected chi connectivity index (χ1v) is 9.86. The van der Waals surface area contributed by atoms with Gasteiger partial charge in [0.1, 0.15) is 10.8 Å². The summed E-state index contributed by atoms with van der Waals surface area (Å²) in [6, 6.07) is 19.0. The lowest BCUT2D eigenvalue weighted by molar-refractivity contribution is 0.102. The molecule has 3 aromatic carbocycles. The van der Waals surface area contributed by atoms with Crippen molar-refractivity contribution < 1.29 is 9.53 Å². The average molecular weight is 409 g/mol. The second-order valence-electron chi connectivity index (χ2n) is 6.29. The minimum Gasteiger partial charge on any atom is -0.496 e. The first-order chi connectivity index (χ1) is 13.6. The molecule has 4 aromatic rings. The number of hydrogen-bond donors (Lipinski definition) is 1. The van der Waals surface area contributed by atoms with Crippen LogP contribution in [0.5, 0.6) is 5.75 Å². The highest BCUT2D eigenvalue weighted by Crippen LogP contribution is 2.34. The van der Waals surface area contributed by atoms with Crippen LogP contribution in [0.4, 0.5) is 5.69 Å². The van der Waals surface area contributed by atoms with Gasteiger partial charge in [0.2, 0.25) is 0 Å². The van der Waals surface area contributed by atoms with Crippen molar-refractivity contribution >= 4 is 44.7 Å². The highest BCUT2D eigenvalue weighted by atomic mass is 35.5. The average Bonchev–Trinajstić information content (AvgIpc) is 3.13. The minimum atomic E-state index is -0.274. The first-order valence-electron chi connectivity index (χ1n) is 8.67. The van der Waals surface area contributed by atoms with E-state index in [4.69, 9.17) is 16.3 Å². The summed E-state index contributed by atoms with van der Waals surface area (Å²) >= 11 is 7.94. The molecule has 28 heavy (non-hydrogen) atoms. The Morgan fingerprint density at radius 1 is 1.11 bits per heavy atom. The van der Waals surface area contributed by atoms with Gasteiger partial charge in [0.25, 0.3) is 5.91 Å². The first kappa shape index (κ1) is 18.5. The number of nitrogens with one attached hydrogen (secondary N) is 1. The van der Waals surface area contributed by atoms with Crippen LogP contribution in [-0.4, -0.2) is 18.0 Å². The zero-order chi connectivity index (χ0) is 19.7. The molecule has 6 heteroatoms. The highest BCUT2D eigenvalue weighted by molar-refractivity contribution is 7.21. The van der Waals surface area contributed by atoms with Crippen LogP contribution >= 0.6 is 22.9 Å². The fourth-order valence-corrected chi connectivity index (χ4v) is 4.17. The normalized spacial score (nSPS) is 10.8. The lowest BCUT2D eigenvalue weighted by Gasteiger charge is -2.13. The Bertz CT molecular complexity index is 1150. The number of para-hydroxylation sites is 2. The summed E-state index contributed by atoms with van der Waals surface area (Å²) in [6.45, 7) is 1.90. The van der Waals surface area contributed by atoms with Gasteiger partial charge >= 0.3 is 0 Å². The molecule has 0 saturated carbocycles. The van der Waals surface area contributed by atoms with E-state index < -0.39 is 0 Å². The van der Waals surface area contributed by atoms with Crippen LogP contribution in [0.2, 0.25) is 5.02 Å². The zero-order valence-electron chi connectivity index (χ0n) is 15.3. The highest BCUT2D eigenvalue weighted by Gasteiger charge is 2.16. The maximum absolute atomic E-state index is 12.8. The predicted octanol–water partition coefficient (Wildman–Crippen LogP) is 6.19. The molecular formula is C22H17ClN2O2S. The molecule has 4 rings (SSSR count). The van der Waals surface area contributed by atoms with Gasteiger partial charge in [-0.15, -0.1) is 11.3 Å². The molecule has 4 nitrogen and oxygen atoms in total. The predicted molar refractivity (Wildman–Crippen MR) is 116 cm³/mol. The van der Waals surface area contributed by atoms with E-state index in [-0.39, 0.29) is 5.91 Å². The van der Waals surface area contributed by atoms with Crippen LogP contribution < -0.4 is 10.1 Å². The molecule has 1 amide bonds. The molecule has 0 unspecified atom stereocenters. The molecule has 0 fully saturated rings. The summed E-state index contributed by atoms with van der Waals surface area (Å²) in [7, 11) is 1.56. The van der Waals surface area contributed by atoms with E-state index in [9.17, 15) is 4.79 Å². The van der Waals surface area contributed by atoms with Crippen molar-refractivity contribution in [3.63, 3.8) is 0 Å². The SMILES string of the molecule is COc1c(C)cccc1C(=O)Nc1cc(-c2nc3ccccc3s2)ccc1Cl. The molecular weight excluding hydrogens is 392 g/mol. The summed E-state index contributed by atoms with van der Waals surface area (Å²) in [5.74, 6) is 0.280. The Kier molecular flexibility index (Phi) is 5.03. The topological polar surface area (TPSA) is 51.2 Å².